The molecule has 2 aliphatic rings. The van der Waals surface area contributed by atoms with E-state index in [0.717, 1.165) is 12.1 Å². The molecule has 2 aromatic carbocycles. The maximum absolute atomic E-state index is 13.0. The fourth-order valence-corrected chi connectivity index (χ4v) is 3.82. The number of benzene rings is 2. The molecular formula is C23H24O13. The Bertz CT molecular complexity index is 1160. The number of aliphatic hydroxyl groups is 4. The minimum atomic E-state index is -1.77. The minimum Gasteiger partial charge on any atom is -0.504 e. The molecular weight excluding hydrogens is 484 g/mol. The van der Waals surface area contributed by atoms with Crippen molar-refractivity contribution in [2.24, 2.45) is 0 Å². The highest BCUT2D eigenvalue weighted by atomic mass is 16.7. The van der Waals surface area contributed by atoms with Gasteiger partial charge >= 0.3 is 0 Å². The number of rotatable bonds is 8. The summed E-state index contributed by atoms with van der Waals surface area (Å²) in [5.41, 5.74) is -0.359. The lowest BCUT2D eigenvalue weighted by molar-refractivity contribution is -0.277. The number of Topliss-reactive ketones (excluding diaryl/α,β-unsaturated/α-hetero) is 2. The first-order valence-electron chi connectivity index (χ1n) is 10.6. The largest absolute Gasteiger partial charge is 0.504 e. The fourth-order valence-electron chi connectivity index (χ4n) is 3.82. The van der Waals surface area contributed by atoms with E-state index in [2.05, 4.69) is 0 Å². The molecule has 0 spiro atoms. The molecule has 1 fully saturated rings. The molecule has 0 aromatic heterocycles. The van der Waals surface area contributed by atoms with Crippen molar-refractivity contribution in [1.82, 2.24) is 0 Å². The number of hydrogen-bond acceptors (Lipinski definition) is 13. The first-order chi connectivity index (χ1) is 17.2. The van der Waals surface area contributed by atoms with Crippen molar-refractivity contribution in [3.8, 4) is 34.5 Å². The number of aromatic hydroxyl groups is 1. The summed E-state index contributed by atoms with van der Waals surface area (Å²) in [6.07, 6.45) is -8.01. The highest BCUT2D eigenvalue weighted by Crippen LogP contribution is 2.43. The second-order valence-corrected chi connectivity index (χ2v) is 7.91. The van der Waals surface area contributed by atoms with Crippen LogP contribution in [0.2, 0.25) is 0 Å². The Labute approximate surface area is 203 Å². The molecule has 0 amide bonds. The Morgan fingerprint density at radius 3 is 2.22 bits per heavy atom. The van der Waals surface area contributed by atoms with Gasteiger partial charge in [0.1, 0.15) is 24.4 Å². The van der Waals surface area contributed by atoms with Crippen molar-refractivity contribution in [3.05, 3.63) is 35.4 Å². The van der Waals surface area contributed by atoms with Crippen molar-refractivity contribution in [2.75, 3.05) is 27.6 Å². The molecule has 0 radical (unpaired) electrons. The van der Waals surface area contributed by atoms with Crippen LogP contribution in [0, 0.1) is 0 Å². The topological polar surface area (TPSA) is 191 Å². The predicted molar refractivity (Wildman–Crippen MR) is 117 cm³/mol. The lowest BCUT2D eigenvalue weighted by Gasteiger charge is -2.39. The molecule has 5 atom stereocenters. The van der Waals surface area contributed by atoms with Crippen LogP contribution < -0.4 is 23.7 Å². The molecule has 1 saturated heterocycles. The summed E-state index contributed by atoms with van der Waals surface area (Å²) in [6, 6.07) is 4.69. The summed E-state index contributed by atoms with van der Waals surface area (Å²) in [5, 5.41) is 50.0. The first kappa shape index (κ1) is 25.5. The number of hydrogen-bond donors (Lipinski definition) is 5. The normalized spacial score (nSPS) is 24.8. The van der Waals surface area contributed by atoms with Gasteiger partial charge in [-0.1, -0.05) is 0 Å². The summed E-state index contributed by atoms with van der Waals surface area (Å²) in [7, 11) is 2.55. The molecule has 0 unspecified atom stereocenters. The Morgan fingerprint density at radius 2 is 1.58 bits per heavy atom. The predicted octanol–water partition coefficient (Wildman–Crippen LogP) is -0.618. The van der Waals surface area contributed by atoms with Crippen LogP contribution in [0.5, 0.6) is 34.5 Å². The lowest BCUT2D eigenvalue weighted by Crippen LogP contribution is -2.60. The zero-order valence-electron chi connectivity index (χ0n) is 19.1. The third-order valence-corrected chi connectivity index (χ3v) is 5.72. The molecule has 194 valence electrons. The monoisotopic (exact) mass is 508 g/mol. The van der Waals surface area contributed by atoms with E-state index in [-0.39, 0.29) is 40.9 Å². The molecule has 2 heterocycles. The zero-order valence-corrected chi connectivity index (χ0v) is 19.1. The van der Waals surface area contributed by atoms with Crippen LogP contribution >= 0.6 is 0 Å². The molecule has 36 heavy (non-hydrogen) atoms. The van der Waals surface area contributed by atoms with Crippen molar-refractivity contribution in [3.63, 3.8) is 0 Å². The van der Waals surface area contributed by atoms with Crippen LogP contribution in [0.15, 0.2) is 24.3 Å². The van der Waals surface area contributed by atoms with Gasteiger partial charge in [-0.25, -0.2) is 0 Å². The summed E-state index contributed by atoms with van der Waals surface area (Å²) in [6.45, 7) is -0.776. The Morgan fingerprint density at radius 1 is 0.917 bits per heavy atom. The van der Waals surface area contributed by atoms with Gasteiger partial charge in [0.15, 0.2) is 23.0 Å². The van der Waals surface area contributed by atoms with Crippen LogP contribution in [-0.4, -0.2) is 95.4 Å². The molecule has 0 aliphatic carbocycles. The average molecular weight is 508 g/mol. The van der Waals surface area contributed by atoms with E-state index >= 15 is 0 Å². The van der Waals surface area contributed by atoms with Crippen LogP contribution in [0.1, 0.15) is 20.7 Å². The minimum absolute atomic E-state index is 0.0622. The quantitative estimate of drug-likeness (QED) is 0.224. The van der Waals surface area contributed by atoms with E-state index < -0.39 is 54.6 Å². The molecule has 2 aliphatic heterocycles. The highest BCUT2D eigenvalue weighted by molar-refractivity contribution is 6.49. The summed E-state index contributed by atoms with van der Waals surface area (Å²) in [4.78, 5) is 26.0. The van der Waals surface area contributed by atoms with Gasteiger partial charge in [-0.15, -0.1) is 0 Å². The van der Waals surface area contributed by atoms with Gasteiger partial charge in [0.25, 0.3) is 0 Å². The Balaban J connectivity index is 1.65. The zero-order chi connectivity index (χ0) is 26.1. The maximum Gasteiger partial charge on any atom is 0.233 e. The second kappa shape index (κ2) is 10.2. The smallest absolute Gasteiger partial charge is 0.233 e. The Kier molecular flexibility index (Phi) is 7.19. The van der Waals surface area contributed by atoms with Gasteiger partial charge in [-0.05, 0) is 24.3 Å². The number of methoxy groups -OCH3 is 2. The molecule has 2 aromatic rings. The van der Waals surface area contributed by atoms with E-state index in [1.807, 2.05) is 0 Å². The average Bonchev–Trinajstić information content (AvgIpc) is 3.36. The highest BCUT2D eigenvalue weighted by Gasteiger charge is 2.45. The molecule has 0 saturated carbocycles. The standard InChI is InChI=1S/C23H24O13/c1-31-12-4-10(5-13-22(12)34-8-33-13)17(27)16(26)9-3-11(25)21(32-2)14(6-9)35-23-20(30)19(29)18(28)15(7-24)36-23/h3-6,15,18-20,23-25,28-30H,7-8H2,1-2H3/t15-,18-,19+,20-,23-/m1/s1. The van der Waals surface area contributed by atoms with Crippen molar-refractivity contribution >= 4 is 11.6 Å². The molecule has 4 rings (SSSR count). The van der Waals surface area contributed by atoms with E-state index in [9.17, 15) is 35.1 Å². The maximum atomic E-state index is 13.0. The van der Waals surface area contributed by atoms with Crippen LogP contribution in [-0.2, 0) is 4.74 Å². The van der Waals surface area contributed by atoms with Crippen LogP contribution in [0.3, 0.4) is 0 Å². The summed E-state index contributed by atoms with van der Waals surface area (Å²) >= 11 is 0. The molecule has 5 N–H and O–H groups in total. The van der Waals surface area contributed by atoms with E-state index in [1.54, 1.807) is 0 Å². The van der Waals surface area contributed by atoms with Crippen molar-refractivity contribution in [2.45, 2.75) is 30.7 Å². The molecule has 0 bridgehead atoms. The first-order valence-corrected chi connectivity index (χ1v) is 10.6. The number of phenols is 1. The third-order valence-electron chi connectivity index (χ3n) is 5.72. The van der Waals surface area contributed by atoms with E-state index in [4.69, 9.17) is 28.4 Å². The van der Waals surface area contributed by atoms with Gasteiger partial charge in [0.2, 0.25) is 36.1 Å². The molecule has 13 nitrogen and oxygen atoms in total. The number of ether oxygens (including phenoxy) is 6. The fraction of sp³-hybridized carbons (Fsp3) is 0.391. The Hall–Kier alpha value is -3.62. The second-order valence-electron chi connectivity index (χ2n) is 7.91. The van der Waals surface area contributed by atoms with Gasteiger partial charge in [0.05, 0.1) is 20.8 Å². The van der Waals surface area contributed by atoms with Gasteiger partial charge in [-0.2, -0.15) is 0 Å². The van der Waals surface area contributed by atoms with E-state index in [0.29, 0.717) is 5.75 Å². The number of phenolic OH excluding ortho intramolecular Hbond substituents is 1. The summed E-state index contributed by atoms with van der Waals surface area (Å²) < 4.78 is 31.7. The van der Waals surface area contributed by atoms with Crippen molar-refractivity contribution in [1.29, 1.82) is 0 Å². The van der Waals surface area contributed by atoms with Crippen LogP contribution in [0.25, 0.3) is 0 Å². The number of carbonyl (C=O) groups is 2. The third kappa shape index (κ3) is 4.50. The van der Waals surface area contributed by atoms with Gasteiger partial charge in [0, 0.05) is 11.1 Å². The summed E-state index contributed by atoms with van der Waals surface area (Å²) in [5.74, 6) is -2.46. The van der Waals surface area contributed by atoms with E-state index in [1.165, 1.54) is 26.4 Å². The van der Waals surface area contributed by atoms with Crippen molar-refractivity contribution < 1.29 is 63.5 Å². The number of carbonyl (C=O) groups excluding carboxylic acids is 2. The number of aliphatic hydroxyl groups excluding tert-OH is 4. The lowest BCUT2D eigenvalue weighted by atomic mass is 9.99. The van der Waals surface area contributed by atoms with Gasteiger partial charge < -0.3 is 54.0 Å². The SMILES string of the molecule is COc1cc(C(=O)C(=O)c2cc(O)c(OC)c(O[C@@H]3O[C@H](CO)[C@@H](O)[C@H](O)[C@H]3O)c2)cc2c1OCO2. The number of fused-ring (bicyclic) bond motifs is 1. The molecule has 13 heteroatoms. The van der Waals surface area contributed by atoms with Crippen LogP contribution in [0.4, 0.5) is 0 Å². The van der Waals surface area contributed by atoms with Gasteiger partial charge in [-0.3, -0.25) is 9.59 Å². The number of ketones is 2.